The second-order valence-electron chi connectivity index (χ2n) is 4.11. The Kier molecular flexibility index (Phi) is 1.80. The maximum absolute atomic E-state index is 13.3. The van der Waals surface area contributed by atoms with E-state index in [0.717, 1.165) is 5.56 Å². The zero-order valence-electron chi connectivity index (χ0n) is 8.12. The molecule has 1 aliphatic rings. The minimum absolute atomic E-state index is 0.133. The molecule has 0 saturated heterocycles. The van der Waals surface area contributed by atoms with Gasteiger partial charge in [-0.2, -0.15) is 0 Å². The molecule has 0 aliphatic carbocycles. The number of pyridine rings is 1. The molecule has 74 valence electrons. The molecule has 14 heavy (non-hydrogen) atoms. The van der Waals surface area contributed by atoms with Crippen molar-refractivity contribution in [1.29, 1.82) is 0 Å². The van der Waals surface area contributed by atoms with Crippen LogP contribution in [0, 0.1) is 0 Å². The summed E-state index contributed by atoms with van der Waals surface area (Å²) < 4.78 is 13.3. The molecule has 0 radical (unpaired) electrons. The Hall–Kier alpha value is -1.45. The van der Waals surface area contributed by atoms with Crippen molar-refractivity contribution in [3.63, 3.8) is 0 Å². The van der Waals surface area contributed by atoms with Gasteiger partial charge in [-0.3, -0.25) is 4.79 Å². The first kappa shape index (κ1) is 9.12. The zero-order valence-corrected chi connectivity index (χ0v) is 8.12. The predicted octanol–water partition coefficient (Wildman–Crippen LogP) is 1.98. The van der Waals surface area contributed by atoms with Crippen molar-refractivity contribution in [3.8, 4) is 0 Å². The van der Waals surface area contributed by atoms with Gasteiger partial charge in [0.2, 0.25) is 0 Å². The minimum atomic E-state index is -0.527. The Balaban J connectivity index is 2.61. The van der Waals surface area contributed by atoms with Gasteiger partial charge in [-0.1, -0.05) is 24.4 Å². The summed E-state index contributed by atoms with van der Waals surface area (Å²) in [7, 11) is 0. The summed E-state index contributed by atoms with van der Waals surface area (Å²) in [6.45, 7) is 3.83. The third-order valence-electron chi connectivity index (χ3n) is 2.51. The van der Waals surface area contributed by atoms with E-state index in [1.165, 1.54) is 6.20 Å². The molecule has 0 saturated carbocycles. The fraction of sp³-hybridized carbons (Fsp3) is 0.400. The molecule has 0 aromatic carbocycles. The number of anilines is 1. The third-order valence-corrected chi connectivity index (χ3v) is 2.51. The van der Waals surface area contributed by atoms with E-state index < -0.39 is 5.91 Å². The van der Waals surface area contributed by atoms with E-state index in [2.05, 4.69) is 4.98 Å². The van der Waals surface area contributed by atoms with Crippen molar-refractivity contribution in [2.24, 2.45) is 0 Å². The highest BCUT2D eigenvalue weighted by Crippen LogP contribution is 2.38. The molecule has 1 aromatic rings. The van der Waals surface area contributed by atoms with E-state index in [0.29, 0.717) is 0 Å². The number of rotatable bonds is 0. The van der Waals surface area contributed by atoms with Gasteiger partial charge < -0.3 is 0 Å². The van der Waals surface area contributed by atoms with Gasteiger partial charge in [0.1, 0.15) is 0 Å². The lowest BCUT2D eigenvalue weighted by Crippen LogP contribution is -2.37. The van der Waals surface area contributed by atoms with Crippen LogP contribution in [-0.2, 0) is 10.2 Å². The second-order valence-corrected chi connectivity index (χ2v) is 4.11. The highest BCUT2D eigenvalue weighted by Gasteiger charge is 2.37. The fourth-order valence-corrected chi connectivity index (χ4v) is 1.74. The Morgan fingerprint density at radius 2 is 2.29 bits per heavy atom. The average molecular weight is 194 g/mol. The number of carbonyl (C=O) groups excluding carboxylic acids is 1. The molecule has 0 N–H and O–H groups in total. The number of hydrogen-bond acceptors (Lipinski definition) is 2. The lowest BCUT2D eigenvalue weighted by molar-refractivity contribution is -0.123. The fourth-order valence-electron chi connectivity index (χ4n) is 1.74. The maximum atomic E-state index is 13.3. The number of halogens is 1. The molecule has 0 atom stereocenters. The molecule has 0 spiro atoms. The van der Waals surface area contributed by atoms with Crippen LogP contribution in [-0.4, -0.2) is 10.9 Å². The van der Waals surface area contributed by atoms with Gasteiger partial charge in [-0.05, 0) is 6.07 Å². The van der Waals surface area contributed by atoms with E-state index in [1.54, 1.807) is 12.1 Å². The summed E-state index contributed by atoms with van der Waals surface area (Å²) in [5.74, 6) is -0.394. The van der Waals surface area contributed by atoms with Gasteiger partial charge in [0.25, 0.3) is 5.91 Å². The van der Waals surface area contributed by atoms with Crippen LogP contribution in [0.15, 0.2) is 18.3 Å². The van der Waals surface area contributed by atoms with Crippen LogP contribution in [0.2, 0.25) is 0 Å². The van der Waals surface area contributed by atoms with Gasteiger partial charge in [0, 0.05) is 23.6 Å². The van der Waals surface area contributed by atoms with E-state index in [1.807, 2.05) is 13.8 Å². The molecule has 2 rings (SSSR count). The molecule has 1 amide bonds. The summed E-state index contributed by atoms with van der Waals surface area (Å²) >= 11 is 0. The van der Waals surface area contributed by atoms with Crippen LogP contribution >= 0.6 is 0 Å². The lowest BCUT2D eigenvalue weighted by atomic mass is 9.79. The summed E-state index contributed by atoms with van der Waals surface area (Å²) in [6.07, 6.45) is 1.67. The first-order valence-electron chi connectivity index (χ1n) is 4.46. The lowest BCUT2D eigenvalue weighted by Gasteiger charge is -2.32. The molecule has 2 heterocycles. The van der Waals surface area contributed by atoms with Crippen LogP contribution < -0.4 is 5.12 Å². The largest absolute Gasteiger partial charge is 0.272 e. The van der Waals surface area contributed by atoms with Gasteiger partial charge >= 0.3 is 0 Å². The summed E-state index contributed by atoms with van der Waals surface area (Å²) in [6, 6.07) is 3.56. The molecule has 3 nitrogen and oxygen atoms in total. The monoisotopic (exact) mass is 194 g/mol. The molecule has 0 fully saturated rings. The van der Waals surface area contributed by atoms with E-state index in [9.17, 15) is 9.28 Å². The van der Waals surface area contributed by atoms with Gasteiger partial charge in [0.15, 0.2) is 5.82 Å². The SMILES string of the molecule is CC1(C)CC(=O)N(F)c2ncccc21. The van der Waals surface area contributed by atoms with Gasteiger partial charge in [0.05, 0.1) is 0 Å². The van der Waals surface area contributed by atoms with Crippen LogP contribution in [0.4, 0.5) is 10.3 Å². The normalized spacial score (nSPS) is 19.4. The van der Waals surface area contributed by atoms with Gasteiger partial charge in [-0.25, -0.2) is 4.98 Å². The minimum Gasteiger partial charge on any atom is -0.272 e. The zero-order chi connectivity index (χ0) is 10.3. The van der Waals surface area contributed by atoms with Crippen molar-refractivity contribution >= 4 is 11.7 Å². The van der Waals surface area contributed by atoms with Crippen LogP contribution in [0.5, 0.6) is 0 Å². The average Bonchev–Trinajstić information content (AvgIpc) is 2.14. The smallest absolute Gasteiger partial charge is 0.257 e. The summed E-state index contributed by atoms with van der Waals surface area (Å²) in [5, 5.41) is 0.139. The number of hydrogen-bond donors (Lipinski definition) is 0. The van der Waals surface area contributed by atoms with Crippen molar-refractivity contribution in [3.05, 3.63) is 23.9 Å². The Labute approximate surface area is 81.5 Å². The van der Waals surface area contributed by atoms with Crippen LogP contribution in [0.3, 0.4) is 0 Å². The number of fused-ring (bicyclic) bond motifs is 1. The van der Waals surface area contributed by atoms with E-state index in [-0.39, 0.29) is 22.8 Å². The number of amides is 1. The molecule has 1 aromatic heterocycles. The number of aromatic nitrogens is 1. The number of carbonyl (C=O) groups is 1. The molecule has 0 bridgehead atoms. The topological polar surface area (TPSA) is 33.2 Å². The third kappa shape index (κ3) is 1.18. The second kappa shape index (κ2) is 2.77. The number of nitrogens with zero attached hydrogens (tertiary/aromatic N) is 2. The standard InChI is InChI=1S/C10H11FN2O/c1-10(2)6-8(14)13(11)9-7(10)4-3-5-12-9/h3-5H,6H2,1-2H3. The molecular formula is C10H11FN2O. The summed E-state index contributed by atoms with van der Waals surface area (Å²) in [4.78, 5) is 15.2. The highest BCUT2D eigenvalue weighted by molar-refractivity contribution is 5.94. The molecule has 1 aliphatic heterocycles. The summed E-state index contributed by atoms with van der Waals surface area (Å²) in [5.41, 5.74) is 0.450. The maximum Gasteiger partial charge on any atom is 0.257 e. The van der Waals surface area contributed by atoms with Crippen molar-refractivity contribution < 1.29 is 9.28 Å². The van der Waals surface area contributed by atoms with Gasteiger partial charge in [-0.15, -0.1) is 5.12 Å². The first-order chi connectivity index (χ1) is 6.52. The van der Waals surface area contributed by atoms with Crippen molar-refractivity contribution in [1.82, 2.24) is 4.98 Å². The first-order valence-corrected chi connectivity index (χ1v) is 4.46. The molecular weight excluding hydrogens is 183 g/mol. The Morgan fingerprint density at radius 3 is 3.00 bits per heavy atom. The van der Waals surface area contributed by atoms with Crippen LogP contribution in [0.1, 0.15) is 25.8 Å². The van der Waals surface area contributed by atoms with Crippen LogP contribution in [0.25, 0.3) is 0 Å². The highest BCUT2D eigenvalue weighted by atomic mass is 19.2. The van der Waals surface area contributed by atoms with E-state index >= 15 is 0 Å². The molecule has 0 unspecified atom stereocenters. The Morgan fingerprint density at radius 1 is 1.57 bits per heavy atom. The predicted molar refractivity (Wildman–Crippen MR) is 50.5 cm³/mol. The van der Waals surface area contributed by atoms with Crippen molar-refractivity contribution in [2.75, 3.05) is 5.12 Å². The van der Waals surface area contributed by atoms with Crippen molar-refractivity contribution in [2.45, 2.75) is 25.7 Å². The molecule has 4 heteroatoms. The Bertz CT molecular complexity index is 389. The quantitative estimate of drug-likeness (QED) is 0.591. The van der Waals surface area contributed by atoms with E-state index in [4.69, 9.17) is 0 Å².